The zero-order chi connectivity index (χ0) is 11.5. The van der Waals surface area contributed by atoms with Crippen LogP contribution in [0.15, 0.2) is 18.2 Å². The summed E-state index contributed by atoms with van der Waals surface area (Å²) in [7, 11) is 1.68. The van der Waals surface area contributed by atoms with E-state index in [2.05, 4.69) is 5.32 Å². The number of methoxy groups -OCH3 is 1. The van der Waals surface area contributed by atoms with Crippen molar-refractivity contribution in [2.24, 2.45) is 0 Å². The highest BCUT2D eigenvalue weighted by Gasteiger charge is 2.16. The van der Waals surface area contributed by atoms with Crippen LogP contribution in [0.25, 0.3) is 0 Å². The van der Waals surface area contributed by atoms with Gasteiger partial charge in [-0.1, -0.05) is 17.7 Å². The van der Waals surface area contributed by atoms with Gasteiger partial charge in [0.25, 0.3) is 0 Å². The van der Waals surface area contributed by atoms with Crippen LogP contribution in [0.2, 0.25) is 5.02 Å². The monoisotopic (exact) mass is 228 g/mol. The van der Waals surface area contributed by atoms with E-state index in [1.807, 2.05) is 26.0 Å². The smallest absolute Gasteiger partial charge is 0.0794 e. The van der Waals surface area contributed by atoms with Crippen molar-refractivity contribution in [3.05, 3.63) is 23.2 Å². The molecule has 0 amide bonds. The lowest BCUT2D eigenvalue weighted by Crippen LogP contribution is -2.32. The third-order valence-corrected chi connectivity index (χ3v) is 2.60. The lowest BCUT2D eigenvalue weighted by Gasteiger charge is -2.24. The molecule has 3 N–H and O–H groups in total. The summed E-state index contributed by atoms with van der Waals surface area (Å²) in [6.07, 6.45) is 0. The second-order valence-corrected chi connectivity index (χ2v) is 4.43. The quantitative estimate of drug-likeness (QED) is 0.780. The Morgan fingerprint density at radius 3 is 2.67 bits per heavy atom. The van der Waals surface area contributed by atoms with E-state index in [9.17, 15) is 0 Å². The Labute approximate surface area is 95.6 Å². The molecule has 4 heteroatoms. The van der Waals surface area contributed by atoms with Crippen molar-refractivity contribution in [2.45, 2.75) is 19.4 Å². The largest absolute Gasteiger partial charge is 0.397 e. The molecule has 0 saturated carbocycles. The van der Waals surface area contributed by atoms with Crippen LogP contribution in [-0.2, 0) is 4.74 Å². The molecule has 0 unspecified atom stereocenters. The average molecular weight is 229 g/mol. The minimum absolute atomic E-state index is 0.244. The van der Waals surface area contributed by atoms with Gasteiger partial charge in [-0.3, -0.25) is 0 Å². The number of halogens is 1. The molecule has 3 nitrogen and oxygen atoms in total. The number of hydrogen-bond acceptors (Lipinski definition) is 3. The maximum absolute atomic E-state index is 6.02. The summed E-state index contributed by atoms with van der Waals surface area (Å²) < 4.78 is 5.29. The summed E-state index contributed by atoms with van der Waals surface area (Å²) in [5.74, 6) is 0. The molecule has 0 aromatic heterocycles. The number of rotatable bonds is 4. The van der Waals surface area contributed by atoms with Gasteiger partial charge < -0.3 is 15.8 Å². The summed E-state index contributed by atoms with van der Waals surface area (Å²) in [6.45, 7) is 4.64. The van der Waals surface area contributed by atoms with Crippen LogP contribution in [0.4, 0.5) is 11.4 Å². The fourth-order valence-corrected chi connectivity index (χ4v) is 1.35. The Kier molecular flexibility index (Phi) is 3.83. The topological polar surface area (TPSA) is 47.3 Å². The van der Waals surface area contributed by atoms with Crippen LogP contribution in [-0.4, -0.2) is 19.3 Å². The maximum atomic E-state index is 6.02. The predicted octanol–water partition coefficient (Wildman–Crippen LogP) is 2.76. The van der Waals surface area contributed by atoms with Crippen LogP contribution < -0.4 is 11.1 Å². The van der Waals surface area contributed by atoms with Crippen molar-refractivity contribution in [1.82, 2.24) is 0 Å². The number of nitrogens with one attached hydrogen (secondary N) is 1. The number of anilines is 2. The molecule has 15 heavy (non-hydrogen) atoms. The molecular formula is C11H17ClN2O. The molecule has 1 aromatic carbocycles. The summed E-state index contributed by atoms with van der Waals surface area (Å²) in [5, 5.41) is 3.82. The number of ether oxygens (including phenoxy) is 1. The highest BCUT2D eigenvalue weighted by molar-refractivity contribution is 6.33. The molecule has 0 heterocycles. The number of benzene rings is 1. The van der Waals surface area contributed by atoms with Crippen molar-refractivity contribution in [3.8, 4) is 0 Å². The molecule has 0 bridgehead atoms. The number of hydrogen-bond donors (Lipinski definition) is 2. The van der Waals surface area contributed by atoms with Crippen molar-refractivity contribution >= 4 is 23.0 Å². The molecule has 0 spiro atoms. The van der Waals surface area contributed by atoms with Gasteiger partial charge in [-0.25, -0.2) is 0 Å². The van der Waals surface area contributed by atoms with Crippen LogP contribution in [0.1, 0.15) is 13.8 Å². The molecule has 1 aromatic rings. The van der Waals surface area contributed by atoms with Gasteiger partial charge in [-0.05, 0) is 26.0 Å². The van der Waals surface area contributed by atoms with E-state index in [0.29, 0.717) is 17.3 Å². The molecule has 0 radical (unpaired) electrons. The molecule has 1 rings (SSSR count). The van der Waals surface area contributed by atoms with Crippen LogP contribution in [0.5, 0.6) is 0 Å². The lowest BCUT2D eigenvalue weighted by molar-refractivity contribution is 0.0344. The molecule has 0 aliphatic carbocycles. The van der Waals surface area contributed by atoms with Crippen LogP contribution in [0, 0.1) is 0 Å². The Balaban J connectivity index is 2.73. The van der Waals surface area contributed by atoms with Crippen molar-refractivity contribution in [1.29, 1.82) is 0 Å². The Morgan fingerprint density at radius 2 is 2.13 bits per heavy atom. The standard InChI is InChI=1S/C11H17ClN2O/c1-11(2,15-3)7-14-10-8(12)5-4-6-9(10)13/h4-6,14H,7,13H2,1-3H3. The average Bonchev–Trinajstić information content (AvgIpc) is 2.17. The third kappa shape index (κ3) is 3.29. The minimum Gasteiger partial charge on any atom is -0.397 e. The van der Waals surface area contributed by atoms with Gasteiger partial charge in [0, 0.05) is 13.7 Å². The highest BCUT2D eigenvalue weighted by atomic mass is 35.5. The molecule has 84 valence electrons. The van der Waals surface area contributed by atoms with Gasteiger partial charge in [-0.15, -0.1) is 0 Å². The number of nitrogens with two attached hydrogens (primary N) is 1. The summed E-state index contributed by atoms with van der Waals surface area (Å²) >= 11 is 6.02. The Morgan fingerprint density at radius 1 is 1.47 bits per heavy atom. The molecule has 0 atom stereocenters. The molecule has 0 aliphatic rings. The SMILES string of the molecule is COC(C)(C)CNc1c(N)cccc1Cl. The minimum atomic E-state index is -0.244. The Hall–Kier alpha value is -0.930. The molecule has 0 fully saturated rings. The molecular weight excluding hydrogens is 212 g/mol. The predicted molar refractivity (Wildman–Crippen MR) is 65.4 cm³/mol. The van der Waals surface area contributed by atoms with Gasteiger partial charge >= 0.3 is 0 Å². The van der Waals surface area contributed by atoms with E-state index < -0.39 is 0 Å². The van der Waals surface area contributed by atoms with E-state index in [1.54, 1.807) is 13.2 Å². The van der Waals surface area contributed by atoms with Crippen LogP contribution >= 0.6 is 11.6 Å². The number of para-hydroxylation sites is 1. The van der Waals surface area contributed by atoms with Gasteiger partial charge in [0.15, 0.2) is 0 Å². The fourth-order valence-electron chi connectivity index (χ4n) is 1.10. The van der Waals surface area contributed by atoms with Gasteiger partial charge in [0.05, 0.1) is 22.0 Å². The first-order valence-corrected chi connectivity index (χ1v) is 5.17. The first-order valence-electron chi connectivity index (χ1n) is 4.79. The van der Waals surface area contributed by atoms with E-state index >= 15 is 0 Å². The second kappa shape index (κ2) is 4.73. The van der Waals surface area contributed by atoms with Gasteiger partial charge in [0.2, 0.25) is 0 Å². The van der Waals surface area contributed by atoms with E-state index in [-0.39, 0.29) is 5.60 Å². The third-order valence-electron chi connectivity index (χ3n) is 2.29. The molecule has 0 saturated heterocycles. The summed E-state index contributed by atoms with van der Waals surface area (Å²) in [6, 6.07) is 5.44. The fraction of sp³-hybridized carbons (Fsp3) is 0.455. The zero-order valence-electron chi connectivity index (χ0n) is 9.30. The van der Waals surface area contributed by atoms with E-state index in [4.69, 9.17) is 22.1 Å². The van der Waals surface area contributed by atoms with E-state index in [1.165, 1.54) is 0 Å². The van der Waals surface area contributed by atoms with Crippen molar-refractivity contribution < 1.29 is 4.74 Å². The maximum Gasteiger partial charge on any atom is 0.0794 e. The first-order chi connectivity index (χ1) is 6.96. The second-order valence-electron chi connectivity index (χ2n) is 4.02. The normalized spacial score (nSPS) is 11.5. The lowest BCUT2D eigenvalue weighted by atomic mass is 10.1. The first kappa shape index (κ1) is 12.1. The Bertz CT molecular complexity index is 319. The van der Waals surface area contributed by atoms with Gasteiger partial charge in [0.1, 0.15) is 0 Å². The number of nitrogen functional groups attached to an aromatic ring is 1. The van der Waals surface area contributed by atoms with E-state index in [0.717, 1.165) is 5.69 Å². The molecule has 0 aliphatic heterocycles. The van der Waals surface area contributed by atoms with Gasteiger partial charge in [-0.2, -0.15) is 0 Å². The van der Waals surface area contributed by atoms with Crippen molar-refractivity contribution in [3.63, 3.8) is 0 Å². The summed E-state index contributed by atoms with van der Waals surface area (Å²) in [5.41, 5.74) is 6.98. The van der Waals surface area contributed by atoms with Crippen molar-refractivity contribution in [2.75, 3.05) is 24.7 Å². The summed E-state index contributed by atoms with van der Waals surface area (Å²) in [4.78, 5) is 0. The van der Waals surface area contributed by atoms with Crippen LogP contribution in [0.3, 0.4) is 0 Å². The highest BCUT2D eigenvalue weighted by Crippen LogP contribution is 2.28. The zero-order valence-corrected chi connectivity index (χ0v) is 10.1.